The first-order valence-electron chi connectivity index (χ1n) is 7.09. The predicted octanol–water partition coefficient (Wildman–Crippen LogP) is 1.04. The lowest BCUT2D eigenvalue weighted by molar-refractivity contribution is -0.148. The number of amides is 1. The molecule has 0 aromatic rings. The van der Waals surface area contributed by atoms with Crippen molar-refractivity contribution >= 4 is 17.8 Å². The number of esters is 2. The van der Waals surface area contributed by atoms with Gasteiger partial charge in [-0.05, 0) is 32.6 Å². The summed E-state index contributed by atoms with van der Waals surface area (Å²) in [7, 11) is 1.39. The molecular formula is C14H23NO5. The lowest BCUT2D eigenvalue weighted by atomic mass is 9.81. The topological polar surface area (TPSA) is 81.7 Å². The van der Waals surface area contributed by atoms with Crippen LogP contribution in [0.5, 0.6) is 0 Å². The van der Waals surface area contributed by atoms with Gasteiger partial charge in [0.05, 0.1) is 26.1 Å². The third-order valence-corrected chi connectivity index (χ3v) is 3.57. The Bertz CT molecular complexity index is 347. The van der Waals surface area contributed by atoms with Crippen molar-refractivity contribution < 1.29 is 23.9 Å². The summed E-state index contributed by atoms with van der Waals surface area (Å²) < 4.78 is 9.49. The predicted molar refractivity (Wildman–Crippen MR) is 71.7 cm³/mol. The number of ether oxygens (including phenoxy) is 2. The zero-order valence-corrected chi connectivity index (χ0v) is 12.1. The lowest BCUT2D eigenvalue weighted by Crippen LogP contribution is -2.35. The second-order valence-electron chi connectivity index (χ2n) is 4.92. The number of hydrogen-bond donors (Lipinski definition) is 1. The Morgan fingerprint density at radius 2 is 1.70 bits per heavy atom. The summed E-state index contributed by atoms with van der Waals surface area (Å²) >= 11 is 0. The molecule has 0 heterocycles. The van der Waals surface area contributed by atoms with Crippen molar-refractivity contribution in [1.82, 2.24) is 5.32 Å². The summed E-state index contributed by atoms with van der Waals surface area (Å²) in [6.07, 6.45) is 2.93. The van der Waals surface area contributed by atoms with Crippen molar-refractivity contribution in [2.45, 2.75) is 39.0 Å². The van der Waals surface area contributed by atoms with Crippen LogP contribution >= 0.6 is 0 Å². The first kappa shape index (κ1) is 16.5. The fourth-order valence-electron chi connectivity index (χ4n) is 2.42. The third kappa shape index (κ3) is 5.19. The molecule has 1 fully saturated rings. The van der Waals surface area contributed by atoms with Crippen LogP contribution in [0.2, 0.25) is 0 Å². The molecule has 1 amide bonds. The van der Waals surface area contributed by atoms with Crippen LogP contribution in [0.4, 0.5) is 0 Å². The van der Waals surface area contributed by atoms with E-state index in [0.29, 0.717) is 38.8 Å². The fourth-order valence-corrected chi connectivity index (χ4v) is 2.42. The van der Waals surface area contributed by atoms with E-state index >= 15 is 0 Å². The largest absolute Gasteiger partial charge is 0.469 e. The number of nitrogens with one attached hydrogen (secondary N) is 1. The Labute approximate surface area is 119 Å². The molecule has 6 heteroatoms. The average molecular weight is 285 g/mol. The van der Waals surface area contributed by atoms with Crippen molar-refractivity contribution in [2.75, 3.05) is 20.3 Å². The van der Waals surface area contributed by atoms with E-state index in [-0.39, 0.29) is 36.1 Å². The molecule has 1 aliphatic rings. The number of carbonyl (C=O) groups is 3. The molecule has 0 saturated heterocycles. The zero-order valence-electron chi connectivity index (χ0n) is 12.1. The van der Waals surface area contributed by atoms with Gasteiger partial charge < -0.3 is 14.8 Å². The van der Waals surface area contributed by atoms with Gasteiger partial charge in [0.2, 0.25) is 5.91 Å². The molecule has 0 aliphatic heterocycles. The van der Waals surface area contributed by atoms with Crippen molar-refractivity contribution in [2.24, 2.45) is 11.8 Å². The molecular weight excluding hydrogens is 262 g/mol. The molecule has 0 spiro atoms. The van der Waals surface area contributed by atoms with Gasteiger partial charge in [-0.2, -0.15) is 0 Å². The molecule has 0 atom stereocenters. The molecule has 114 valence electrons. The van der Waals surface area contributed by atoms with Crippen LogP contribution in [0, 0.1) is 11.8 Å². The van der Waals surface area contributed by atoms with Crippen molar-refractivity contribution in [3.63, 3.8) is 0 Å². The van der Waals surface area contributed by atoms with Crippen LogP contribution in [0.3, 0.4) is 0 Å². The number of rotatable bonds is 6. The minimum Gasteiger partial charge on any atom is -0.469 e. The molecule has 0 aromatic heterocycles. The molecule has 0 radical (unpaired) electrons. The average Bonchev–Trinajstić information content (AvgIpc) is 2.46. The zero-order chi connectivity index (χ0) is 15.0. The van der Waals surface area contributed by atoms with E-state index in [0.717, 1.165) is 0 Å². The Hall–Kier alpha value is -1.59. The highest BCUT2D eigenvalue weighted by Gasteiger charge is 2.30. The number of carbonyl (C=O) groups excluding carboxylic acids is 3. The van der Waals surface area contributed by atoms with Crippen LogP contribution in [-0.4, -0.2) is 38.1 Å². The van der Waals surface area contributed by atoms with Gasteiger partial charge >= 0.3 is 11.9 Å². The molecule has 0 bridgehead atoms. The Morgan fingerprint density at radius 3 is 2.25 bits per heavy atom. The molecule has 0 aromatic carbocycles. The monoisotopic (exact) mass is 285 g/mol. The summed E-state index contributed by atoms with van der Waals surface area (Å²) in [5.41, 5.74) is 0. The maximum absolute atomic E-state index is 11.9. The molecule has 1 N–H and O–H groups in total. The molecule has 20 heavy (non-hydrogen) atoms. The van der Waals surface area contributed by atoms with Crippen LogP contribution in [0.25, 0.3) is 0 Å². The van der Waals surface area contributed by atoms with E-state index in [4.69, 9.17) is 9.47 Å². The van der Waals surface area contributed by atoms with E-state index in [2.05, 4.69) is 5.32 Å². The summed E-state index contributed by atoms with van der Waals surface area (Å²) in [5.74, 6) is -0.687. The molecule has 1 aliphatic carbocycles. The Kier molecular flexibility index (Phi) is 7.04. The SMILES string of the molecule is CCOC(=O)CCNC(=O)C1CCC(C(=O)OC)CC1. The molecule has 0 unspecified atom stereocenters. The maximum Gasteiger partial charge on any atom is 0.308 e. The van der Waals surface area contributed by atoms with Gasteiger partial charge in [-0.3, -0.25) is 14.4 Å². The van der Waals surface area contributed by atoms with Crippen LogP contribution in [0.15, 0.2) is 0 Å². The summed E-state index contributed by atoms with van der Waals surface area (Å²) in [5, 5.41) is 2.74. The number of methoxy groups -OCH3 is 1. The van der Waals surface area contributed by atoms with Gasteiger partial charge in [0.1, 0.15) is 0 Å². The Balaban J connectivity index is 2.22. The van der Waals surface area contributed by atoms with E-state index in [1.807, 2.05) is 0 Å². The highest BCUT2D eigenvalue weighted by molar-refractivity contribution is 5.80. The van der Waals surface area contributed by atoms with Crippen molar-refractivity contribution in [1.29, 1.82) is 0 Å². The third-order valence-electron chi connectivity index (χ3n) is 3.57. The first-order chi connectivity index (χ1) is 9.58. The van der Waals surface area contributed by atoms with Gasteiger partial charge in [-0.1, -0.05) is 0 Å². The van der Waals surface area contributed by atoms with E-state index in [9.17, 15) is 14.4 Å². The van der Waals surface area contributed by atoms with Crippen LogP contribution < -0.4 is 5.32 Å². The van der Waals surface area contributed by atoms with Crippen LogP contribution in [0.1, 0.15) is 39.0 Å². The number of hydrogen-bond acceptors (Lipinski definition) is 5. The van der Waals surface area contributed by atoms with Crippen molar-refractivity contribution in [3.05, 3.63) is 0 Å². The molecule has 6 nitrogen and oxygen atoms in total. The lowest BCUT2D eigenvalue weighted by Gasteiger charge is -2.26. The second-order valence-corrected chi connectivity index (χ2v) is 4.92. The first-order valence-corrected chi connectivity index (χ1v) is 7.09. The fraction of sp³-hybridized carbons (Fsp3) is 0.786. The second kappa shape index (κ2) is 8.55. The minimum absolute atomic E-state index is 0.0439. The minimum atomic E-state index is -0.304. The van der Waals surface area contributed by atoms with Crippen molar-refractivity contribution in [3.8, 4) is 0 Å². The molecule has 1 rings (SSSR count). The highest BCUT2D eigenvalue weighted by Crippen LogP contribution is 2.29. The summed E-state index contributed by atoms with van der Waals surface area (Å²) in [4.78, 5) is 34.4. The maximum atomic E-state index is 11.9. The van der Waals surface area contributed by atoms with Crippen LogP contribution in [-0.2, 0) is 23.9 Å². The molecule has 1 saturated carbocycles. The van der Waals surface area contributed by atoms with Gasteiger partial charge in [-0.15, -0.1) is 0 Å². The van der Waals surface area contributed by atoms with Gasteiger partial charge in [0.15, 0.2) is 0 Å². The van der Waals surface area contributed by atoms with Gasteiger partial charge in [0.25, 0.3) is 0 Å². The highest BCUT2D eigenvalue weighted by atomic mass is 16.5. The normalized spacial score (nSPS) is 21.9. The van der Waals surface area contributed by atoms with E-state index < -0.39 is 0 Å². The van der Waals surface area contributed by atoms with E-state index in [1.54, 1.807) is 6.92 Å². The standard InChI is InChI=1S/C14H23NO5/c1-3-20-12(16)8-9-15-13(17)10-4-6-11(7-5-10)14(18)19-2/h10-11H,3-9H2,1-2H3,(H,15,17). The summed E-state index contributed by atoms with van der Waals surface area (Å²) in [6, 6.07) is 0. The van der Waals surface area contributed by atoms with E-state index in [1.165, 1.54) is 7.11 Å². The van der Waals surface area contributed by atoms with Gasteiger partial charge in [-0.25, -0.2) is 0 Å². The quantitative estimate of drug-likeness (QED) is 0.737. The smallest absolute Gasteiger partial charge is 0.308 e. The Morgan fingerprint density at radius 1 is 1.10 bits per heavy atom. The van der Waals surface area contributed by atoms with Gasteiger partial charge in [0, 0.05) is 12.5 Å². The summed E-state index contributed by atoms with van der Waals surface area (Å²) in [6.45, 7) is 2.40.